The van der Waals surface area contributed by atoms with Crippen LogP contribution in [0.4, 0.5) is 0 Å². The third-order valence-corrected chi connectivity index (χ3v) is 1.25. The van der Waals surface area contributed by atoms with Gasteiger partial charge in [0.2, 0.25) is 0 Å². The van der Waals surface area contributed by atoms with E-state index in [0.717, 1.165) is 5.88 Å². The van der Waals surface area contributed by atoms with Crippen LogP contribution in [0.2, 0.25) is 0 Å². The van der Waals surface area contributed by atoms with E-state index in [1.165, 1.54) is 25.7 Å². The van der Waals surface area contributed by atoms with Gasteiger partial charge in [-0.15, -0.1) is 11.6 Å². The Morgan fingerprint density at radius 3 is 1.82 bits per heavy atom. The Bertz CT molecular complexity index is 41.1. The van der Waals surface area contributed by atoms with Crippen molar-refractivity contribution in [1.29, 1.82) is 0 Å². The summed E-state index contributed by atoms with van der Waals surface area (Å²) < 4.78 is 0. The van der Waals surface area contributed by atoms with E-state index in [-0.39, 0.29) is 8.41 Å². The van der Waals surface area contributed by atoms with Crippen molar-refractivity contribution >= 4 is 31.8 Å². The van der Waals surface area contributed by atoms with Gasteiger partial charge in [0.05, 0.1) is 0 Å². The molecule has 11 heavy (non-hydrogen) atoms. The molecule has 0 nitrogen and oxygen atoms in total. The summed E-state index contributed by atoms with van der Waals surface area (Å²) in [7, 11) is 0. The van der Waals surface area contributed by atoms with Crippen LogP contribution in [0.5, 0.6) is 0 Å². The molecule has 0 unspecified atom stereocenters. The molecular weight excluding hydrogens is 174 g/mol. The molecule has 0 aliphatic rings. The van der Waals surface area contributed by atoms with Gasteiger partial charge in [-0.25, -0.2) is 0 Å². The van der Waals surface area contributed by atoms with Crippen LogP contribution in [0.25, 0.3) is 0 Å². The van der Waals surface area contributed by atoms with Crippen LogP contribution in [0.1, 0.15) is 32.6 Å². The second kappa shape index (κ2) is 22.4. The molecule has 0 fully saturated rings. The zero-order valence-electron chi connectivity index (χ0n) is 7.90. The molecule has 3 heteroatoms. The van der Waals surface area contributed by atoms with Gasteiger partial charge < -0.3 is 0 Å². The van der Waals surface area contributed by atoms with Crippen LogP contribution >= 0.6 is 23.4 Å². The maximum Gasteiger partial charge on any atom is 0.0223 e. The van der Waals surface area contributed by atoms with E-state index < -0.39 is 0 Å². The van der Waals surface area contributed by atoms with Crippen LogP contribution in [-0.4, -0.2) is 26.8 Å². The molecule has 67 valence electrons. The highest BCUT2D eigenvalue weighted by Crippen LogP contribution is 1.98. The molecule has 0 aromatic carbocycles. The lowest BCUT2D eigenvalue weighted by atomic mass is 10.2. The van der Waals surface area contributed by atoms with Crippen molar-refractivity contribution in [3.05, 3.63) is 0 Å². The SMILES string of the molecule is CCCCCCCl.CSC.[B]. The number of hydrogen-bond donors (Lipinski definition) is 0. The molecule has 0 N–H and O–H groups in total. The summed E-state index contributed by atoms with van der Waals surface area (Å²) in [4.78, 5) is 0. The van der Waals surface area contributed by atoms with Crippen LogP contribution in [0.3, 0.4) is 0 Å². The summed E-state index contributed by atoms with van der Waals surface area (Å²) in [5.74, 6) is 0.833. The Kier molecular flexibility index (Phi) is 36.1. The summed E-state index contributed by atoms with van der Waals surface area (Å²) in [6, 6.07) is 0. The van der Waals surface area contributed by atoms with Crippen molar-refractivity contribution in [2.75, 3.05) is 18.4 Å². The lowest BCUT2D eigenvalue weighted by Gasteiger charge is -1.89. The normalized spacial score (nSPS) is 7.64. The molecular formula is C8H19BClS. The highest BCUT2D eigenvalue weighted by molar-refractivity contribution is 7.97. The van der Waals surface area contributed by atoms with Crippen LogP contribution in [0.15, 0.2) is 0 Å². The van der Waals surface area contributed by atoms with Gasteiger partial charge in [0.1, 0.15) is 0 Å². The highest BCUT2D eigenvalue weighted by atomic mass is 35.5. The smallest absolute Gasteiger partial charge is 0.0223 e. The second-order valence-corrected chi connectivity index (χ2v) is 3.35. The third kappa shape index (κ3) is 36.6. The number of rotatable bonds is 4. The zero-order valence-corrected chi connectivity index (χ0v) is 9.47. The van der Waals surface area contributed by atoms with Gasteiger partial charge in [0.25, 0.3) is 0 Å². The minimum Gasteiger partial charge on any atom is -0.169 e. The maximum absolute atomic E-state index is 5.44. The lowest BCUT2D eigenvalue weighted by molar-refractivity contribution is 0.705. The Morgan fingerprint density at radius 1 is 1.09 bits per heavy atom. The van der Waals surface area contributed by atoms with E-state index in [4.69, 9.17) is 11.6 Å². The molecule has 3 radical (unpaired) electrons. The number of thioether (sulfide) groups is 1. The first-order valence-corrected chi connectivity index (χ1v) is 5.96. The van der Waals surface area contributed by atoms with E-state index >= 15 is 0 Å². The van der Waals surface area contributed by atoms with E-state index in [9.17, 15) is 0 Å². The summed E-state index contributed by atoms with van der Waals surface area (Å²) in [5, 5.41) is 0. The van der Waals surface area contributed by atoms with Gasteiger partial charge in [0.15, 0.2) is 0 Å². The molecule has 0 aromatic rings. The summed E-state index contributed by atoms with van der Waals surface area (Å²) in [5.41, 5.74) is 0. The van der Waals surface area contributed by atoms with Gasteiger partial charge in [-0.2, -0.15) is 11.8 Å². The molecule has 0 saturated heterocycles. The van der Waals surface area contributed by atoms with Crippen molar-refractivity contribution in [1.82, 2.24) is 0 Å². The van der Waals surface area contributed by atoms with Gasteiger partial charge >= 0.3 is 0 Å². The van der Waals surface area contributed by atoms with E-state index in [0.29, 0.717) is 0 Å². The predicted molar refractivity (Wildman–Crippen MR) is 60.1 cm³/mol. The van der Waals surface area contributed by atoms with Crippen LogP contribution in [0, 0.1) is 0 Å². The molecule has 0 heterocycles. The maximum atomic E-state index is 5.44. The first-order chi connectivity index (χ1) is 4.83. The molecule has 0 aliphatic carbocycles. The first-order valence-electron chi connectivity index (χ1n) is 3.79. The standard InChI is InChI=1S/C6H13Cl.C2H6S.B/c1-2-3-4-5-6-7;1-3-2;/h2-6H2,1H3;1-2H3;. The van der Waals surface area contributed by atoms with Gasteiger partial charge in [-0.3, -0.25) is 0 Å². The molecule has 0 amide bonds. The Labute approximate surface area is 83.0 Å². The average Bonchev–Trinajstić information content (AvgIpc) is 1.91. The summed E-state index contributed by atoms with van der Waals surface area (Å²) >= 11 is 7.19. The van der Waals surface area contributed by atoms with E-state index in [2.05, 4.69) is 6.92 Å². The number of unbranched alkanes of at least 4 members (excludes halogenated alkanes) is 3. The van der Waals surface area contributed by atoms with Crippen molar-refractivity contribution < 1.29 is 0 Å². The molecule has 0 rings (SSSR count). The number of halogens is 1. The number of alkyl halides is 1. The molecule has 0 aliphatic heterocycles. The Morgan fingerprint density at radius 2 is 1.55 bits per heavy atom. The fraction of sp³-hybridized carbons (Fsp3) is 1.00. The number of hydrogen-bond acceptors (Lipinski definition) is 1. The largest absolute Gasteiger partial charge is 0.169 e. The molecule has 0 bridgehead atoms. The monoisotopic (exact) mass is 193 g/mol. The van der Waals surface area contributed by atoms with E-state index in [1.807, 2.05) is 12.5 Å². The lowest BCUT2D eigenvalue weighted by Crippen LogP contribution is -1.74. The van der Waals surface area contributed by atoms with Crippen molar-refractivity contribution in [2.45, 2.75) is 32.6 Å². The highest BCUT2D eigenvalue weighted by Gasteiger charge is 1.81. The van der Waals surface area contributed by atoms with Crippen molar-refractivity contribution in [3.8, 4) is 0 Å². The molecule has 0 aromatic heterocycles. The Hall–Kier alpha value is 0.705. The Balaban J connectivity index is -0.000000140. The second-order valence-electron chi connectivity index (χ2n) is 2.16. The van der Waals surface area contributed by atoms with Crippen LogP contribution < -0.4 is 0 Å². The quantitative estimate of drug-likeness (QED) is 0.375. The molecule has 0 atom stereocenters. The third-order valence-electron chi connectivity index (χ3n) is 0.987. The van der Waals surface area contributed by atoms with Crippen LogP contribution in [-0.2, 0) is 0 Å². The van der Waals surface area contributed by atoms with Gasteiger partial charge in [-0.05, 0) is 18.9 Å². The zero-order chi connectivity index (χ0) is 8.24. The predicted octanol–water partition coefficient (Wildman–Crippen LogP) is 3.40. The average molecular weight is 194 g/mol. The fourth-order valence-electron chi connectivity index (χ4n) is 0.521. The van der Waals surface area contributed by atoms with E-state index in [1.54, 1.807) is 11.8 Å². The topological polar surface area (TPSA) is 0 Å². The fourth-order valence-corrected chi connectivity index (χ4v) is 0.710. The summed E-state index contributed by atoms with van der Waals surface area (Å²) in [6.45, 7) is 2.20. The molecule has 0 saturated carbocycles. The molecule has 0 spiro atoms. The van der Waals surface area contributed by atoms with Gasteiger partial charge in [-0.1, -0.05) is 26.2 Å². The van der Waals surface area contributed by atoms with Crippen molar-refractivity contribution in [2.24, 2.45) is 0 Å². The minimum atomic E-state index is 0. The first kappa shape index (κ1) is 17.7. The van der Waals surface area contributed by atoms with Crippen molar-refractivity contribution in [3.63, 3.8) is 0 Å². The minimum absolute atomic E-state index is 0. The summed E-state index contributed by atoms with van der Waals surface area (Å²) in [6.07, 6.45) is 9.22. The van der Waals surface area contributed by atoms with Gasteiger partial charge in [0, 0.05) is 14.3 Å².